The second-order valence-electron chi connectivity index (χ2n) is 12.3. The van der Waals surface area contributed by atoms with E-state index in [1.807, 2.05) is 51.1 Å². The average molecular weight is 617 g/mol. The first-order valence-electron chi connectivity index (χ1n) is 14.7. The van der Waals surface area contributed by atoms with Crippen LogP contribution >= 0.6 is 0 Å². The summed E-state index contributed by atoms with van der Waals surface area (Å²) < 4.78 is 39.0. The Morgan fingerprint density at radius 2 is 1.65 bits per heavy atom. The number of amides is 2. The Labute approximate surface area is 254 Å². The van der Waals surface area contributed by atoms with Gasteiger partial charge in [0, 0.05) is 19.7 Å². The summed E-state index contributed by atoms with van der Waals surface area (Å²) in [5, 5.41) is 17.2. The van der Waals surface area contributed by atoms with Gasteiger partial charge in [-0.1, -0.05) is 51.1 Å². The van der Waals surface area contributed by atoms with Crippen molar-refractivity contribution in [1.82, 2.24) is 19.8 Å². The highest BCUT2D eigenvalue weighted by Gasteiger charge is 2.36. The maximum atomic E-state index is 13.7. The number of carbonyl (C=O) groups excluding carboxylic acids is 2. The number of likely N-dealkylation sites (N-methyl/N-ethyl adjacent to an activating group) is 1. The van der Waals surface area contributed by atoms with Gasteiger partial charge in [0.25, 0.3) is 0 Å². The minimum atomic E-state index is -4.01. The number of nitrogens with one attached hydrogen (secondary N) is 2. The summed E-state index contributed by atoms with van der Waals surface area (Å²) in [6.45, 7) is 7.95. The van der Waals surface area contributed by atoms with Crippen molar-refractivity contribution in [3.05, 3.63) is 54.1 Å². The van der Waals surface area contributed by atoms with E-state index >= 15 is 0 Å². The number of carbonyl (C=O) groups is 2. The Morgan fingerprint density at radius 3 is 2.30 bits per heavy atom. The molecule has 2 aliphatic heterocycles. The molecule has 236 valence electrons. The maximum Gasteiger partial charge on any atom is 0.243 e. The molecule has 0 aliphatic carbocycles. The third-order valence-electron chi connectivity index (χ3n) is 7.76. The molecule has 2 aliphatic rings. The fraction of sp³-hybridized carbons (Fsp3) is 0.548. The molecule has 3 atom stereocenters. The molecule has 0 saturated carbocycles. The van der Waals surface area contributed by atoms with E-state index < -0.39 is 39.5 Å². The lowest BCUT2D eigenvalue weighted by molar-refractivity contribution is -0.133. The molecule has 1 fully saturated rings. The molecular formula is C31H44N4O7S. The lowest BCUT2D eigenvalue weighted by Gasteiger charge is -2.34. The third kappa shape index (κ3) is 8.69. The third-order valence-corrected chi connectivity index (χ3v) is 9.58. The van der Waals surface area contributed by atoms with E-state index in [1.54, 1.807) is 6.07 Å². The van der Waals surface area contributed by atoms with Gasteiger partial charge in [0.05, 0.1) is 23.6 Å². The van der Waals surface area contributed by atoms with Gasteiger partial charge in [-0.25, -0.2) is 8.42 Å². The molecule has 0 unspecified atom stereocenters. The maximum absolute atomic E-state index is 13.7. The van der Waals surface area contributed by atoms with Crippen molar-refractivity contribution in [2.45, 2.75) is 63.1 Å². The number of sulfonamides is 1. The van der Waals surface area contributed by atoms with Crippen LogP contribution in [0.1, 0.15) is 39.2 Å². The van der Waals surface area contributed by atoms with Gasteiger partial charge in [0.15, 0.2) is 11.5 Å². The zero-order valence-electron chi connectivity index (χ0n) is 25.4. The van der Waals surface area contributed by atoms with Crippen LogP contribution in [-0.4, -0.2) is 99.2 Å². The van der Waals surface area contributed by atoms with Gasteiger partial charge in [-0.3, -0.25) is 14.5 Å². The van der Waals surface area contributed by atoms with Crippen LogP contribution in [0.15, 0.2) is 53.4 Å². The van der Waals surface area contributed by atoms with E-state index in [4.69, 9.17) is 9.47 Å². The highest BCUT2D eigenvalue weighted by atomic mass is 32.2. The highest BCUT2D eigenvalue weighted by molar-refractivity contribution is 7.89. The second-order valence-corrected chi connectivity index (χ2v) is 14.4. The van der Waals surface area contributed by atoms with Gasteiger partial charge >= 0.3 is 0 Å². The zero-order chi connectivity index (χ0) is 31.2. The summed E-state index contributed by atoms with van der Waals surface area (Å²) in [6, 6.07) is 12.0. The molecular weight excluding hydrogens is 572 g/mol. The zero-order valence-corrected chi connectivity index (χ0v) is 26.2. The first kappa shape index (κ1) is 32.7. The predicted molar refractivity (Wildman–Crippen MR) is 162 cm³/mol. The topological polar surface area (TPSA) is 138 Å². The van der Waals surface area contributed by atoms with Crippen molar-refractivity contribution in [2.75, 3.05) is 46.4 Å². The smallest absolute Gasteiger partial charge is 0.243 e. The summed E-state index contributed by atoms with van der Waals surface area (Å²) in [4.78, 5) is 28.6. The average Bonchev–Trinajstić information content (AvgIpc) is 3.48. The normalized spacial score (nSPS) is 17.7. The van der Waals surface area contributed by atoms with Crippen molar-refractivity contribution in [1.29, 1.82) is 0 Å². The molecule has 43 heavy (non-hydrogen) atoms. The van der Waals surface area contributed by atoms with Crippen molar-refractivity contribution >= 4 is 21.8 Å². The predicted octanol–water partition coefficient (Wildman–Crippen LogP) is 1.79. The van der Waals surface area contributed by atoms with Crippen LogP contribution in [0.3, 0.4) is 0 Å². The van der Waals surface area contributed by atoms with E-state index in [-0.39, 0.29) is 30.3 Å². The Balaban J connectivity index is 1.50. The highest BCUT2D eigenvalue weighted by Crippen LogP contribution is 2.33. The molecule has 2 heterocycles. The van der Waals surface area contributed by atoms with Crippen molar-refractivity contribution in [3.8, 4) is 11.5 Å². The van der Waals surface area contributed by atoms with Crippen LogP contribution in [0.5, 0.6) is 11.5 Å². The van der Waals surface area contributed by atoms with Crippen LogP contribution in [-0.2, 0) is 26.0 Å². The van der Waals surface area contributed by atoms with Crippen molar-refractivity contribution in [3.63, 3.8) is 0 Å². The number of rotatable bonds is 12. The van der Waals surface area contributed by atoms with Gasteiger partial charge in [-0.15, -0.1) is 0 Å². The lowest BCUT2D eigenvalue weighted by Crippen LogP contribution is -2.59. The number of hydrogen-bond acceptors (Lipinski definition) is 8. The molecule has 11 nitrogen and oxygen atoms in total. The number of nitrogens with zero attached hydrogens (tertiary/aromatic N) is 2. The van der Waals surface area contributed by atoms with Gasteiger partial charge in [-0.2, -0.15) is 4.31 Å². The minimum Gasteiger partial charge on any atom is -0.486 e. The number of aliphatic hydroxyl groups is 1. The molecule has 2 amide bonds. The van der Waals surface area contributed by atoms with Gasteiger partial charge < -0.3 is 25.2 Å². The molecule has 1 saturated heterocycles. The van der Waals surface area contributed by atoms with Crippen molar-refractivity contribution in [2.24, 2.45) is 5.41 Å². The number of hydrogen-bond donors (Lipinski definition) is 3. The van der Waals surface area contributed by atoms with E-state index in [0.29, 0.717) is 24.7 Å². The van der Waals surface area contributed by atoms with Crippen LogP contribution in [0.2, 0.25) is 0 Å². The first-order valence-corrected chi connectivity index (χ1v) is 16.2. The summed E-state index contributed by atoms with van der Waals surface area (Å²) in [6.07, 6.45) is 1.09. The summed E-state index contributed by atoms with van der Waals surface area (Å²) in [5.74, 6) is 0.136. The summed E-state index contributed by atoms with van der Waals surface area (Å²) >= 11 is 0. The van der Waals surface area contributed by atoms with Gasteiger partial charge in [0.1, 0.15) is 19.3 Å². The van der Waals surface area contributed by atoms with Gasteiger partial charge in [0.2, 0.25) is 21.8 Å². The van der Waals surface area contributed by atoms with Crippen LogP contribution < -0.4 is 20.1 Å². The molecule has 4 rings (SSSR count). The largest absolute Gasteiger partial charge is 0.486 e. The fourth-order valence-electron chi connectivity index (χ4n) is 5.30. The molecule has 2 aromatic rings. The quantitative estimate of drug-likeness (QED) is 0.328. The minimum absolute atomic E-state index is 0.00334. The standard InChI is InChI=1S/C31H44N4O7S/c1-31(2,3)29(33-28(37)21-35-14-8-9-15-35)30(38)32-24(18-22-10-6-5-7-11-22)25(36)20-34(4)43(39,40)23-12-13-26-27(19-23)42-17-16-41-26/h5-7,10-13,19,24-25,29,36H,8-9,14-18,20-21H2,1-4H3,(H,32,38)(H,33,37)/t24-,25+,29+/m0/s1. The van der Waals surface area contributed by atoms with Crippen LogP contribution in [0.4, 0.5) is 0 Å². The number of ether oxygens (including phenoxy) is 2. The van der Waals surface area contributed by atoms with E-state index in [0.717, 1.165) is 35.8 Å². The second kappa shape index (κ2) is 14.1. The van der Waals surface area contributed by atoms with Crippen molar-refractivity contribution < 1.29 is 32.6 Å². The SMILES string of the molecule is CN(C[C@@H](O)[C@H](Cc1ccccc1)NC(=O)[C@@H](NC(=O)CN1CCCC1)C(C)(C)C)S(=O)(=O)c1ccc2c(c1)OCCO2. The number of aliphatic hydroxyl groups excluding tert-OH is 1. The molecule has 12 heteroatoms. The molecule has 0 radical (unpaired) electrons. The number of fused-ring (bicyclic) bond motifs is 1. The Hall–Kier alpha value is -3.19. The molecule has 0 spiro atoms. The van der Waals surface area contributed by atoms with E-state index in [2.05, 4.69) is 15.5 Å². The number of likely N-dealkylation sites (tertiary alicyclic amines) is 1. The van der Waals surface area contributed by atoms with E-state index in [1.165, 1.54) is 19.2 Å². The summed E-state index contributed by atoms with van der Waals surface area (Å²) in [5.41, 5.74) is 0.236. The lowest BCUT2D eigenvalue weighted by atomic mass is 9.85. The summed E-state index contributed by atoms with van der Waals surface area (Å²) in [7, 11) is -2.62. The molecule has 0 aromatic heterocycles. The molecule has 3 N–H and O–H groups in total. The first-order chi connectivity index (χ1) is 20.3. The van der Waals surface area contributed by atoms with Gasteiger partial charge in [-0.05, 0) is 55.5 Å². The molecule has 2 aromatic carbocycles. The fourth-order valence-corrected chi connectivity index (χ4v) is 6.50. The molecule has 0 bridgehead atoms. The van der Waals surface area contributed by atoms with E-state index in [9.17, 15) is 23.1 Å². The van der Waals surface area contributed by atoms with Crippen LogP contribution in [0, 0.1) is 5.41 Å². The van der Waals surface area contributed by atoms with Crippen LogP contribution in [0.25, 0.3) is 0 Å². The number of benzene rings is 2. The Morgan fingerprint density at radius 1 is 1.00 bits per heavy atom. The monoisotopic (exact) mass is 616 g/mol. The Bertz CT molecular complexity index is 1360. The Kier molecular flexibility index (Phi) is 10.7.